The average molecular weight is 666 g/mol. The Balaban J connectivity index is 1.73. The molecule has 1 fully saturated rings. The Morgan fingerprint density at radius 1 is 1.13 bits per heavy atom. The Morgan fingerprint density at radius 3 is 2.38 bits per heavy atom. The first kappa shape index (κ1) is 35.9. The Labute approximate surface area is 265 Å². The molecule has 248 valence electrons. The lowest BCUT2D eigenvalue weighted by molar-refractivity contribution is 0.0601. The number of sulfonamides is 1. The first-order valence-electron chi connectivity index (χ1n) is 14.4. The number of hydrogen-bond donors (Lipinski definition) is 2. The summed E-state index contributed by atoms with van der Waals surface area (Å²) in [6, 6.07) is 6.90. The van der Waals surface area contributed by atoms with Crippen molar-refractivity contribution in [3.63, 3.8) is 0 Å². The number of benzene rings is 1. The van der Waals surface area contributed by atoms with E-state index in [4.69, 9.17) is 13.9 Å². The summed E-state index contributed by atoms with van der Waals surface area (Å²) in [4.78, 5) is 33.3. The summed E-state index contributed by atoms with van der Waals surface area (Å²) in [6.07, 6.45) is 0.415. The molecule has 15 heteroatoms. The van der Waals surface area contributed by atoms with Gasteiger partial charge in [0.05, 0.1) is 24.1 Å². The van der Waals surface area contributed by atoms with E-state index < -0.39 is 53.1 Å². The molecule has 1 atom stereocenters. The fourth-order valence-electron chi connectivity index (χ4n) is 4.06. The number of guanidine groups is 1. The van der Waals surface area contributed by atoms with Crippen LogP contribution < -0.4 is 15.4 Å². The van der Waals surface area contributed by atoms with E-state index >= 15 is 4.39 Å². The van der Waals surface area contributed by atoms with Gasteiger partial charge >= 0.3 is 6.09 Å². The smallest absolute Gasteiger partial charge is 0.437 e. The summed E-state index contributed by atoms with van der Waals surface area (Å²) < 4.78 is 59.1. The lowest BCUT2D eigenvalue weighted by Gasteiger charge is -2.40. The van der Waals surface area contributed by atoms with Crippen LogP contribution in [-0.2, 0) is 24.7 Å². The Hall–Kier alpha value is -3.56. The number of anilines is 1. The molecule has 0 radical (unpaired) electrons. The second-order valence-corrected chi connectivity index (χ2v) is 20.4. The molecule has 45 heavy (non-hydrogen) atoms. The van der Waals surface area contributed by atoms with Gasteiger partial charge in [-0.3, -0.25) is 4.79 Å². The van der Waals surface area contributed by atoms with Crippen molar-refractivity contribution in [2.24, 2.45) is 4.99 Å². The second-order valence-electron chi connectivity index (χ2n) is 13.6. The molecule has 2 aromatic rings. The van der Waals surface area contributed by atoms with Crippen molar-refractivity contribution >= 4 is 42.0 Å². The average Bonchev–Trinajstić information content (AvgIpc) is 2.89. The van der Waals surface area contributed by atoms with Crippen molar-refractivity contribution in [2.45, 2.75) is 77.7 Å². The molecule has 3 rings (SSSR count). The summed E-state index contributed by atoms with van der Waals surface area (Å²) >= 11 is 0. The molecule has 2 N–H and O–H groups in total. The number of ether oxygens (including phenoxy) is 2. The number of nitrogens with one attached hydrogen (secondary N) is 2. The number of pyridine rings is 1. The molecular weight excluding hydrogens is 622 g/mol. The molecule has 0 saturated carbocycles. The topological polar surface area (TPSA) is 149 Å². The van der Waals surface area contributed by atoms with E-state index in [0.29, 0.717) is 19.0 Å². The number of amides is 2. The highest BCUT2D eigenvalue weighted by Gasteiger charge is 2.44. The van der Waals surface area contributed by atoms with Gasteiger partial charge in [-0.05, 0) is 76.2 Å². The van der Waals surface area contributed by atoms with Crippen LogP contribution in [0.3, 0.4) is 0 Å². The minimum Gasteiger partial charge on any atom is -0.490 e. The van der Waals surface area contributed by atoms with Crippen LogP contribution in [0.4, 0.5) is 14.9 Å². The predicted molar refractivity (Wildman–Crippen MR) is 173 cm³/mol. The lowest BCUT2D eigenvalue weighted by atomic mass is 9.93. The molecular formula is C30H44FN5O7SSi. The molecule has 0 aliphatic carbocycles. The van der Waals surface area contributed by atoms with Gasteiger partial charge in [0.1, 0.15) is 29.5 Å². The molecule has 2 heterocycles. The zero-order chi connectivity index (χ0) is 34.0. The number of rotatable bonds is 8. The normalized spacial score (nSPS) is 19.5. The number of aromatic nitrogens is 1. The van der Waals surface area contributed by atoms with E-state index in [1.54, 1.807) is 26.8 Å². The van der Waals surface area contributed by atoms with Crippen LogP contribution in [0.5, 0.6) is 5.75 Å². The van der Waals surface area contributed by atoms with Gasteiger partial charge in [-0.1, -0.05) is 20.8 Å². The quantitative estimate of drug-likeness (QED) is 0.285. The highest BCUT2D eigenvalue weighted by molar-refractivity contribution is 7.89. The highest BCUT2D eigenvalue weighted by Crippen LogP contribution is 2.36. The molecule has 0 spiro atoms. The van der Waals surface area contributed by atoms with Crippen molar-refractivity contribution < 1.29 is 36.3 Å². The molecule has 12 nitrogen and oxygen atoms in total. The minimum atomic E-state index is -4.03. The Bertz CT molecular complexity index is 1550. The number of carbonyl (C=O) groups excluding carboxylic acids is 2. The van der Waals surface area contributed by atoms with E-state index in [0.717, 1.165) is 10.4 Å². The van der Waals surface area contributed by atoms with Crippen molar-refractivity contribution in [2.75, 3.05) is 31.3 Å². The monoisotopic (exact) mass is 665 g/mol. The van der Waals surface area contributed by atoms with Gasteiger partial charge in [-0.2, -0.15) is 0 Å². The third-order valence-electron chi connectivity index (χ3n) is 7.57. The lowest BCUT2D eigenvalue weighted by Crippen LogP contribution is -2.61. The number of halogens is 1. The molecule has 1 aromatic carbocycles. The van der Waals surface area contributed by atoms with Gasteiger partial charge in [-0.25, -0.2) is 26.9 Å². The summed E-state index contributed by atoms with van der Waals surface area (Å²) in [5.41, 5.74) is -2.19. The van der Waals surface area contributed by atoms with Crippen LogP contribution in [0.2, 0.25) is 18.1 Å². The molecule has 0 unspecified atom stereocenters. The van der Waals surface area contributed by atoms with Gasteiger partial charge < -0.3 is 24.5 Å². The molecule has 1 aromatic heterocycles. The number of aliphatic imine (C=N–C) groups is 1. The van der Waals surface area contributed by atoms with Crippen LogP contribution in [0, 0.1) is 5.82 Å². The Kier molecular flexibility index (Phi) is 10.4. The molecule has 1 aliphatic rings. The number of nitrogens with zero attached hydrogens (tertiary/aromatic N) is 3. The SMILES string of the molecule is CN1/C(=N\C(=O)OC(C)(C)C)N[C@](C)(c2cc(NC(=O)c3ccc(OCCO[Si](C)(C)C(C)(C)C)cn3)ccc2F)CS1(=O)=O. The zero-order valence-electron chi connectivity index (χ0n) is 27.6. The van der Waals surface area contributed by atoms with Gasteiger partial charge in [0.15, 0.2) is 8.32 Å². The van der Waals surface area contributed by atoms with E-state index in [9.17, 15) is 18.0 Å². The maximum absolute atomic E-state index is 15.2. The van der Waals surface area contributed by atoms with E-state index in [1.807, 2.05) is 0 Å². The van der Waals surface area contributed by atoms with Crippen LogP contribution >= 0.6 is 0 Å². The Morgan fingerprint density at radius 2 is 1.80 bits per heavy atom. The maximum atomic E-state index is 15.2. The van der Waals surface area contributed by atoms with Gasteiger partial charge in [0, 0.05) is 18.3 Å². The summed E-state index contributed by atoms with van der Waals surface area (Å²) in [5.74, 6) is -1.70. The van der Waals surface area contributed by atoms with Crippen molar-refractivity contribution in [3.05, 3.63) is 53.6 Å². The summed E-state index contributed by atoms with van der Waals surface area (Å²) in [5, 5.41) is 5.63. The first-order chi connectivity index (χ1) is 20.5. The highest BCUT2D eigenvalue weighted by atomic mass is 32.2. The van der Waals surface area contributed by atoms with Crippen molar-refractivity contribution in [1.29, 1.82) is 0 Å². The summed E-state index contributed by atoms with van der Waals surface area (Å²) in [7, 11) is -4.69. The number of carbonyl (C=O) groups is 2. The molecule has 1 saturated heterocycles. The van der Waals surface area contributed by atoms with Crippen LogP contribution in [0.15, 0.2) is 41.5 Å². The second kappa shape index (κ2) is 13.0. The van der Waals surface area contributed by atoms with Crippen LogP contribution in [0.1, 0.15) is 64.5 Å². The largest absolute Gasteiger partial charge is 0.490 e. The standard InChI is InChI=1S/C30H44FN5O7SSi/c1-28(2,3)43-27(38)34-26-35-30(7,19-44(39,40)36(26)8)22-17-20(11-13-23(22)31)33-25(37)24-14-12-21(18-32-24)41-15-16-42-45(9,10)29(4,5)6/h11-14,17-18H,15-16,19H2,1-10H3,(H,33,37)(H,34,35,38)/t30-/m0/s1. The molecule has 1 aliphatic heterocycles. The minimum absolute atomic E-state index is 0.0644. The van der Waals surface area contributed by atoms with Crippen molar-refractivity contribution in [3.8, 4) is 5.75 Å². The van der Waals surface area contributed by atoms with E-state index in [1.165, 1.54) is 38.4 Å². The predicted octanol–water partition coefficient (Wildman–Crippen LogP) is 5.24. The zero-order valence-corrected chi connectivity index (χ0v) is 29.4. The number of hydrogen-bond acceptors (Lipinski definition) is 8. The fourth-order valence-corrected chi connectivity index (χ4v) is 6.59. The van der Waals surface area contributed by atoms with Gasteiger partial charge in [0.25, 0.3) is 5.91 Å². The summed E-state index contributed by atoms with van der Waals surface area (Å²) in [6.45, 7) is 18.0. The van der Waals surface area contributed by atoms with Crippen LogP contribution in [-0.4, -0.2) is 75.6 Å². The maximum Gasteiger partial charge on any atom is 0.437 e. The van der Waals surface area contributed by atoms with Gasteiger partial charge in [0.2, 0.25) is 16.0 Å². The van der Waals surface area contributed by atoms with E-state index in [-0.39, 0.29) is 27.9 Å². The van der Waals surface area contributed by atoms with Crippen LogP contribution in [0.25, 0.3) is 0 Å². The fraction of sp³-hybridized carbons (Fsp3) is 0.533. The van der Waals surface area contributed by atoms with Crippen molar-refractivity contribution in [1.82, 2.24) is 14.6 Å². The van der Waals surface area contributed by atoms with Gasteiger partial charge in [-0.15, -0.1) is 4.99 Å². The third kappa shape index (κ3) is 9.23. The van der Waals surface area contributed by atoms with E-state index in [2.05, 4.69) is 54.5 Å². The third-order valence-corrected chi connectivity index (χ3v) is 14.1. The molecule has 2 amide bonds. The first-order valence-corrected chi connectivity index (χ1v) is 19.0. The molecule has 0 bridgehead atoms.